The highest BCUT2D eigenvalue weighted by molar-refractivity contribution is 6.28. The van der Waals surface area contributed by atoms with Gasteiger partial charge in [0.15, 0.2) is 17.3 Å². The van der Waals surface area contributed by atoms with Crippen LogP contribution in [0.15, 0.2) is 11.6 Å². The van der Waals surface area contributed by atoms with Gasteiger partial charge in [-0.25, -0.2) is 0 Å². The summed E-state index contributed by atoms with van der Waals surface area (Å²) < 4.78 is 0. The monoisotopic (exact) mass is 342 g/mol. The molecule has 0 saturated carbocycles. The Hall–Kier alpha value is -2.76. The largest absolute Gasteiger partial charge is 0.507 e. The van der Waals surface area contributed by atoms with Crippen molar-refractivity contribution in [3.05, 3.63) is 33.9 Å². The van der Waals surface area contributed by atoms with Gasteiger partial charge in [0.25, 0.3) is 0 Å². The molecule has 0 amide bonds. The van der Waals surface area contributed by atoms with E-state index in [0.717, 1.165) is 0 Å². The lowest BCUT2D eigenvalue weighted by Gasteiger charge is -2.33. The molecule has 0 aromatic heterocycles. The van der Waals surface area contributed by atoms with Crippen LogP contribution in [-0.2, 0) is 26.2 Å². The van der Waals surface area contributed by atoms with E-state index in [-0.39, 0.29) is 34.6 Å². The summed E-state index contributed by atoms with van der Waals surface area (Å²) in [6.07, 6.45) is 1.35. The van der Waals surface area contributed by atoms with Crippen molar-refractivity contribution >= 4 is 23.1 Å². The first-order valence-electron chi connectivity index (χ1n) is 7.91. The SMILES string of the molecule is CC(=O)c1c(O)c(C)c(O)c2c1CC1=CC(=O)[C@@H](C(C)=O)C(=O)[C@@]12C. The van der Waals surface area contributed by atoms with E-state index in [2.05, 4.69) is 0 Å². The van der Waals surface area contributed by atoms with E-state index < -0.39 is 34.5 Å². The normalized spacial score (nSPS) is 24.6. The molecule has 0 radical (unpaired) electrons. The molecule has 2 aliphatic carbocycles. The van der Waals surface area contributed by atoms with Gasteiger partial charge in [-0.1, -0.05) is 0 Å². The zero-order valence-corrected chi connectivity index (χ0v) is 14.4. The molecule has 130 valence electrons. The third kappa shape index (κ3) is 1.97. The number of aromatic hydroxyl groups is 2. The molecule has 0 heterocycles. The summed E-state index contributed by atoms with van der Waals surface area (Å²) in [4.78, 5) is 49.1. The second-order valence-corrected chi connectivity index (χ2v) is 6.89. The molecule has 2 N–H and O–H groups in total. The molecule has 0 bridgehead atoms. The molecule has 3 rings (SSSR count). The van der Waals surface area contributed by atoms with Crippen LogP contribution in [0.1, 0.15) is 47.8 Å². The van der Waals surface area contributed by atoms with Gasteiger partial charge in [0, 0.05) is 11.1 Å². The minimum absolute atomic E-state index is 0.0430. The van der Waals surface area contributed by atoms with Crippen LogP contribution in [0.4, 0.5) is 0 Å². The molecule has 0 aliphatic heterocycles. The first-order chi connectivity index (χ1) is 11.5. The van der Waals surface area contributed by atoms with Gasteiger partial charge < -0.3 is 10.2 Å². The highest BCUT2D eigenvalue weighted by Crippen LogP contribution is 2.54. The van der Waals surface area contributed by atoms with Crippen molar-refractivity contribution < 1.29 is 29.4 Å². The predicted molar refractivity (Wildman–Crippen MR) is 87.8 cm³/mol. The molecule has 6 heteroatoms. The minimum atomic E-state index is -1.41. The smallest absolute Gasteiger partial charge is 0.173 e. The van der Waals surface area contributed by atoms with Crippen molar-refractivity contribution in [1.82, 2.24) is 0 Å². The number of carbonyl (C=O) groups excluding carboxylic acids is 4. The summed E-state index contributed by atoms with van der Waals surface area (Å²) in [5, 5.41) is 20.9. The third-order valence-corrected chi connectivity index (χ3v) is 5.41. The average molecular weight is 342 g/mol. The minimum Gasteiger partial charge on any atom is -0.507 e. The fraction of sp³-hybridized carbons (Fsp3) is 0.368. The Morgan fingerprint density at radius 2 is 1.76 bits per heavy atom. The van der Waals surface area contributed by atoms with Crippen LogP contribution >= 0.6 is 0 Å². The van der Waals surface area contributed by atoms with Crippen LogP contribution in [0.3, 0.4) is 0 Å². The second kappa shape index (κ2) is 5.12. The van der Waals surface area contributed by atoms with Crippen LogP contribution in [-0.4, -0.2) is 33.3 Å². The first kappa shape index (κ1) is 17.1. The molecule has 6 nitrogen and oxygen atoms in total. The van der Waals surface area contributed by atoms with E-state index in [9.17, 15) is 29.4 Å². The van der Waals surface area contributed by atoms with Crippen molar-refractivity contribution in [3.8, 4) is 11.5 Å². The summed E-state index contributed by atoms with van der Waals surface area (Å²) in [6.45, 7) is 5.47. The second-order valence-electron chi connectivity index (χ2n) is 6.89. The fourth-order valence-corrected chi connectivity index (χ4v) is 4.06. The molecular formula is C19H18O6. The fourth-order valence-electron chi connectivity index (χ4n) is 4.06. The van der Waals surface area contributed by atoms with Crippen LogP contribution in [0.25, 0.3) is 0 Å². The van der Waals surface area contributed by atoms with Crippen molar-refractivity contribution in [3.63, 3.8) is 0 Å². The standard InChI is InChI=1S/C19H18O6/c1-7-16(23)13(8(2)20)11-5-10-6-12(22)14(9(3)21)18(25)19(10,4)15(11)17(7)24/h6,14,23-24H,5H2,1-4H3/t14-,19+/m1/s1. The van der Waals surface area contributed by atoms with Gasteiger partial charge in [-0.15, -0.1) is 0 Å². The molecule has 2 atom stereocenters. The lowest BCUT2D eigenvalue weighted by Crippen LogP contribution is -2.46. The number of ketones is 4. The van der Waals surface area contributed by atoms with Gasteiger partial charge in [-0.05, 0) is 51.3 Å². The topological polar surface area (TPSA) is 109 Å². The average Bonchev–Trinajstić information content (AvgIpc) is 2.78. The predicted octanol–water partition coefficient (Wildman–Crippen LogP) is 1.71. The summed E-state index contributed by atoms with van der Waals surface area (Å²) >= 11 is 0. The van der Waals surface area contributed by atoms with Gasteiger partial charge in [0.1, 0.15) is 23.2 Å². The number of carbonyl (C=O) groups is 4. The number of hydrogen-bond acceptors (Lipinski definition) is 6. The van der Waals surface area contributed by atoms with Gasteiger partial charge >= 0.3 is 0 Å². The van der Waals surface area contributed by atoms with Gasteiger partial charge in [-0.2, -0.15) is 0 Å². The molecule has 1 aromatic carbocycles. The van der Waals surface area contributed by atoms with Crippen molar-refractivity contribution in [2.75, 3.05) is 0 Å². The third-order valence-electron chi connectivity index (χ3n) is 5.41. The van der Waals surface area contributed by atoms with Crippen LogP contribution in [0.2, 0.25) is 0 Å². The zero-order chi connectivity index (χ0) is 18.8. The summed E-state index contributed by atoms with van der Waals surface area (Å²) in [6, 6.07) is 0. The number of allylic oxidation sites excluding steroid dienone is 2. The quantitative estimate of drug-likeness (QED) is 0.625. The van der Waals surface area contributed by atoms with E-state index in [1.165, 1.54) is 26.8 Å². The van der Waals surface area contributed by atoms with E-state index >= 15 is 0 Å². The maximum Gasteiger partial charge on any atom is 0.173 e. The highest BCUT2D eigenvalue weighted by Gasteiger charge is 2.55. The number of phenols is 2. The molecular weight excluding hydrogens is 324 g/mol. The van der Waals surface area contributed by atoms with Crippen LogP contribution in [0.5, 0.6) is 11.5 Å². The number of rotatable bonds is 2. The lowest BCUT2D eigenvalue weighted by molar-refractivity contribution is -0.140. The Labute approximate surface area is 144 Å². The van der Waals surface area contributed by atoms with E-state index in [0.29, 0.717) is 11.1 Å². The number of fused-ring (bicyclic) bond motifs is 3. The molecule has 0 saturated heterocycles. The Morgan fingerprint density at radius 1 is 1.16 bits per heavy atom. The van der Waals surface area contributed by atoms with E-state index in [1.807, 2.05) is 0 Å². The van der Waals surface area contributed by atoms with Crippen molar-refractivity contribution in [2.24, 2.45) is 5.92 Å². The molecule has 0 fully saturated rings. The number of Topliss-reactive ketones (excluding diaryl/α,β-unsaturated/α-hetero) is 3. The number of benzene rings is 1. The Bertz CT molecular complexity index is 921. The summed E-state index contributed by atoms with van der Waals surface area (Å²) in [5.41, 5.74) is -0.253. The van der Waals surface area contributed by atoms with Crippen LogP contribution in [0, 0.1) is 12.8 Å². The van der Waals surface area contributed by atoms with Gasteiger partial charge in [0.2, 0.25) is 0 Å². The molecule has 0 unspecified atom stereocenters. The Morgan fingerprint density at radius 3 is 2.28 bits per heavy atom. The molecule has 0 spiro atoms. The highest BCUT2D eigenvalue weighted by atomic mass is 16.3. The van der Waals surface area contributed by atoms with Gasteiger partial charge in [0.05, 0.1) is 11.0 Å². The lowest BCUT2D eigenvalue weighted by atomic mass is 9.66. The summed E-state index contributed by atoms with van der Waals surface area (Å²) in [5.74, 6) is -4.15. The molecule has 2 aliphatic rings. The summed E-state index contributed by atoms with van der Waals surface area (Å²) in [7, 11) is 0. The maximum atomic E-state index is 13.0. The Balaban J connectivity index is 2.41. The Kier molecular flexibility index (Phi) is 3.49. The molecule has 25 heavy (non-hydrogen) atoms. The van der Waals surface area contributed by atoms with Crippen molar-refractivity contribution in [2.45, 2.75) is 39.5 Å². The van der Waals surface area contributed by atoms with Crippen LogP contribution < -0.4 is 0 Å². The number of hydrogen-bond donors (Lipinski definition) is 2. The van der Waals surface area contributed by atoms with E-state index in [4.69, 9.17) is 0 Å². The molecule has 1 aromatic rings. The van der Waals surface area contributed by atoms with E-state index in [1.54, 1.807) is 6.92 Å². The van der Waals surface area contributed by atoms with Gasteiger partial charge in [-0.3, -0.25) is 19.2 Å². The maximum absolute atomic E-state index is 13.0. The first-order valence-corrected chi connectivity index (χ1v) is 7.91. The zero-order valence-electron chi connectivity index (χ0n) is 14.4. The van der Waals surface area contributed by atoms with Crippen molar-refractivity contribution in [1.29, 1.82) is 0 Å². The number of phenolic OH excluding ortho intramolecular Hbond substituents is 2.